The number of hydrogen-bond acceptors (Lipinski definition) is 5. The van der Waals surface area contributed by atoms with Crippen LogP contribution in [-0.2, 0) is 16.1 Å². The Labute approximate surface area is 191 Å². The normalized spacial score (nSPS) is 16.4. The molecule has 1 saturated heterocycles. The minimum absolute atomic E-state index is 0.179. The van der Waals surface area contributed by atoms with Gasteiger partial charge in [0.2, 0.25) is 5.91 Å². The molecule has 0 saturated carbocycles. The summed E-state index contributed by atoms with van der Waals surface area (Å²) in [4.78, 5) is 15.4. The predicted molar refractivity (Wildman–Crippen MR) is 125 cm³/mol. The number of ether oxygens (including phenoxy) is 2. The first-order chi connectivity index (χ1) is 15.2. The standard InChI is InChI=1S/C26H36N2O4/c1-25(2,28-13-15-31-16-14-28)19-27-24(30)26(3,4)23(29)21-11-8-12-22(17-21)32-18-20-9-6-5-7-10-20/h5-12,17,23,29H,13-16,18-19H2,1-4H3,(H,27,30)/t23-/m1/s1. The number of carbonyl (C=O) groups is 1. The molecule has 1 aliphatic heterocycles. The van der Waals surface area contributed by atoms with E-state index in [2.05, 4.69) is 24.1 Å². The SMILES string of the molecule is CC(C)(C(=O)NCC(C)(C)N1CCOCC1)[C@H](O)c1cccc(OCc2ccccc2)c1. The number of amides is 1. The summed E-state index contributed by atoms with van der Waals surface area (Å²) in [5.74, 6) is 0.483. The average Bonchev–Trinajstić information content (AvgIpc) is 2.82. The van der Waals surface area contributed by atoms with Gasteiger partial charge in [-0.25, -0.2) is 0 Å². The summed E-state index contributed by atoms with van der Waals surface area (Å²) in [6, 6.07) is 17.3. The molecule has 6 nitrogen and oxygen atoms in total. The van der Waals surface area contributed by atoms with Crippen LogP contribution in [0.3, 0.4) is 0 Å². The highest BCUT2D eigenvalue weighted by molar-refractivity contribution is 5.82. The van der Waals surface area contributed by atoms with E-state index in [0.717, 1.165) is 18.7 Å². The third kappa shape index (κ3) is 6.09. The molecule has 32 heavy (non-hydrogen) atoms. The number of aliphatic hydroxyl groups is 1. The zero-order chi connectivity index (χ0) is 23.2. The smallest absolute Gasteiger partial charge is 0.228 e. The molecule has 0 spiro atoms. The molecule has 0 aliphatic carbocycles. The summed E-state index contributed by atoms with van der Waals surface area (Å²) in [6.07, 6.45) is -0.964. The first-order valence-corrected chi connectivity index (χ1v) is 11.3. The van der Waals surface area contributed by atoms with Crippen LogP contribution in [0.2, 0.25) is 0 Å². The van der Waals surface area contributed by atoms with Crippen molar-refractivity contribution in [2.45, 2.75) is 45.9 Å². The Morgan fingerprint density at radius 3 is 2.47 bits per heavy atom. The molecule has 0 radical (unpaired) electrons. The van der Waals surface area contributed by atoms with Crippen LogP contribution in [-0.4, -0.2) is 54.3 Å². The van der Waals surface area contributed by atoms with Crippen molar-refractivity contribution < 1.29 is 19.4 Å². The van der Waals surface area contributed by atoms with E-state index in [4.69, 9.17) is 9.47 Å². The van der Waals surface area contributed by atoms with Crippen LogP contribution in [0, 0.1) is 5.41 Å². The maximum absolute atomic E-state index is 13.1. The molecule has 1 aliphatic rings. The third-order valence-corrected chi connectivity index (χ3v) is 6.24. The Bertz CT molecular complexity index is 876. The molecular weight excluding hydrogens is 404 g/mol. The van der Waals surface area contributed by atoms with Gasteiger partial charge in [0.05, 0.1) is 24.7 Å². The number of hydrogen-bond donors (Lipinski definition) is 2. The van der Waals surface area contributed by atoms with Gasteiger partial charge in [-0.15, -0.1) is 0 Å². The van der Waals surface area contributed by atoms with E-state index in [-0.39, 0.29) is 11.4 Å². The topological polar surface area (TPSA) is 71.0 Å². The molecule has 2 aromatic carbocycles. The fraction of sp³-hybridized carbons (Fsp3) is 0.500. The summed E-state index contributed by atoms with van der Waals surface area (Å²) in [7, 11) is 0. The molecule has 0 bridgehead atoms. The molecule has 1 fully saturated rings. The van der Waals surface area contributed by atoms with Crippen molar-refractivity contribution in [1.29, 1.82) is 0 Å². The van der Waals surface area contributed by atoms with E-state index in [0.29, 0.717) is 37.7 Å². The van der Waals surface area contributed by atoms with Crippen LogP contribution >= 0.6 is 0 Å². The first-order valence-electron chi connectivity index (χ1n) is 11.3. The van der Waals surface area contributed by atoms with Gasteiger partial charge in [0, 0.05) is 25.2 Å². The summed E-state index contributed by atoms with van der Waals surface area (Å²) in [5, 5.41) is 14.1. The molecule has 2 N–H and O–H groups in total. The Hall–Kier alpha value is -2.41. The fourth-order valence-corrected chi connectivity index (χ4v) is 3.86. The number of nitrogens with zero attached hydrogens (tertiary/aromatic N) is 1. The highest BCUT2D eigenvalue weighted by Crippen LogP contribution is 2.35. The lowest BCUT2D eigenvalue weighted by Gasteiger charge is -2.41. The highest BCUT2D eigenvalue weighted by Gasteiger charge is 2.38. The largest absolute Gasteiger partial charge is 0.489 e. The summed E-state index contributed by atoms with van der Waals surface area (Å²) in [5.41, 5.74) is 0.536. The van der Waals surface area contributed by atoms with E-state index >= 15 is 0 Å². The van der Waals surface area contributed by atoms with E-state index in [9.17, 15) is 9.90 Å². The van der Waals surface area contributed by atoms with Gasteiger partial charge in [-0.2, -0.15) is 0 Å². The molecule has 3 rings (SSSR count). The summed E-state index contributed by atoms with van der Waals surface area (Å²) in [6.45, 7) is 11.9. The number of rotatable bonds is 9. The van der Waals surface area contributed by atoms with Gasteiger partial charge in [0.1, 0.15) is 12.4 Å². The second-order valence-electron chi connectivity index (χ2n) is 9.57. The zero-order valence-corrected chi connectivity index (χ0v) is 19.6. The van der Waals surface area contributed by atoms with Crippen molar-refractivity contribution in [3.8, 4) is 5.75 Å². The molecule has 0 aromatic heterocycles. The molecule has 1 amide bonds. The van der Waals surface area contributed by atoms with Gasteiger partial charge in [0.15, 0.2) is 0 Å². The number of benzene rings is 2. The Balaban J connectivity index is 1.61. The van der Waals surface area contributed by atoms with Crippen LogP contribution in [0.5, 0.6) is 5.75 Å². The highest BCUT2D eigenvalue weighted by atomic mass is 16.5. The molecule has 174 valence electrons. The quantitative estimate of drug-likeness (QED) is 0.624. The number of nitrogens with one attached hydrogen (secondary N) is 1. The van der Waals surface area contributed by atoms with Crippen LogP contribution < -0.4 is 10.1 Å². The minimum atomic E-state index is -1.00. The first kappa shape index (κ1) is 24.2. The maximum Gasteiger partial charge on any atom is 0.228 e. The number of carbonyl (C=O) groups excluding carboxylic acids is 1. The van der Waals surface area contributed by atoms with Crippen molar-refractivity contribution in [1.82, 2.24) is 10.2 Å². The van der Waals surface area contributed by atoms with Crippen molar-refractivity contribution in [2.75, 3.05) is 32.8 Å². The van der Waals surface area contributed by atoms with E-state index in [1.165, 1.54) is 0 Å². The van der Waals surface area contributed by atoms with Crippen molar-refractivity contribution >= 4 is 5.91 Å². The van der Waals surface area contributed by atoms with Gasteiger partial charge in [-0.1, -0.05) is 42.5 Å². The lowest BCUT2D eigenvalue weighted by Crippen LogP contribution is -2.56. The van der Waals surface area contributed by atoms with Crippen molar-refractivity contribution in [3.63, 3.8) is 0 Å². The summed E-state index contributed by atoms with van der Waals surface area (Å²) < 4.78 is 11.3. The van der Waals surface area contributed by atoms with Gasteiger partial charge < -0.3 is 19.9 Å². The van der Waals surface area contributed by atoms with Crippen LogP contribution in [0.15, 0.2) is 54.6 Å². The van der Waals surface area contributed by atoms with Gasteiger partial charge in [-0.05, 0) is 51.0 Å². The Kier molecular flexibility index (Phi) is 7.93. The number of aliphatic hydroxyl groups excluding tert-OH is 1. The van der Waals surface area contributed by atoms with Crippen LogP contribution in [0.4, 0.5) is 0 Å². The molecule has 6 heteroatoms. The monoisotopic (exact) mass is 440 g/mol. The molecule has 1 heterocycles. The lowest BCUT2D eigenvalue weighted by molar-refractivity contribution is -0.136. The van der Waals surface area contributed by atoms with Gasteiger partial charge in [-0.3, -0.25) is 9.69 Å². The lowest BCUT2D eigenvalue weighted by atomic mass is 9.81. The third-order valence-electron chi connectivity index (χ3n) is 6.24. The average molecular weight is 441 g/mol. The van der Waals surface area contributed by atoms with E-state index in [1.54, 1.807) is 19.9 Å². The van der Waals surface area contributed by atoms with Gasteiger partial charge >= 0.3 is 0 Å². The van der Waals surface area contributed by atoms with Crippen LogP contribution in [0.25, 0.3) is 0 Å². The molecular formula is C26H36N2O4. The maximum atomic E-state index is 13.1. The molecule has 1 atom stereocenters. The zero-order valence-electron chi connectivity index (χ0n) is 19.6. The van der Waals surface area contributed by atoms with Gasteiger partial charge in [0.25, 0.3) is 0 Å². The Morgan fingerprint density at radius 1 is 1.09 bits per heavy atom. The fourth-order valence-electron chi connectivity index (χ4n) is 3.86. The second kappa shape index (κ2) is 10.5. The molecule has 0 unspecified atom stereocenters. The molecule has 2 aromatic rings. The van der Waals surface area contributed by atoms with E-state index < -0.39 is 11.5 Å². The second-order valence-corrected chi connectivity index (χ2v) is 9.57. The minimum Gasteiger partial charge on any atom is -0.489 e. The van der Waals surface area contributed by atoms with Crippen molar-refractivity contribution in [2.24, 2.45) is 5.41 Å². The predicted octanol–water partition coefficient (Wildman–Crippen LogP) is 3.55. The Morgan fingerprint density at radius 2 is 1.78 bits per heavy atom. The number of morpholine rings is 1. The van der Waals surface area contributed by atoms with E-state index in [1.807, 2.05) is 48.5 Å². The summed E-state index contributed by atoms with van der Waals surface area (Å²) >= 11 is 0. The van der Waals surface area contributed by atoms with Crippen molar-refractivity contribution in [3.05, 3.63) is 65.7 Å². The van der Waals surface area contributed by atoms with Crippen LogP contribution in [0.1, 0.15) is 44.9 Å².